The van der Waals surface area contributed by atoms with Gasteiger partial charge in [-0.25, -0.2) is 4.98 Å². The average Bonchev–Trinajstić information content (AvgIpc) is 2.97. The summed E-state index contributed by atoms with van der Waals surface area (Å²) in [4.78, 5) is 36.5. The molecule has 2 heterocycles. The summed E-state index contributed by atoms with van der Waals surface area (Å²) in [6, 6.07) is -0.0638. The predicted octanol–water partition coefficient (Wildman–Crippen LogP) is 0.178. The number of halogens is 1. The van der Waals surface area contributed by atoms with Gasteiger partial charge in [0, 0.05) is 30.9 Å². The number of carbonyl (C=O) groups excluding carboxylic acids is 1. The Morgan fingerprint density at radius 2 is 2.25 bits per heavy atom. The summed E-state index contributed by atoms with van der Waals surface area (Å²) in [5.41, 5.74) is 5.86. The topological polar surface area (TPSA) is 139 Å². The van der Waals surface area contributed by atoms with Crippen molar-refractivity contribution < 1.29 is 14.6 Å². The SMILES string of the molecule is CN(C)CCCC(=O)OC[C@H]1C[C@@H](n2cnc3c(=O)[nH]c(N)nc32)[C@@H]1CO.Cl. The number of rotatable bonds is 8. The van der Waals surface area contributed by atoms with E-state index < -0.39 is 0 Å². The van der Waals surface area contributed by atoms with Crippen LogP contribution in [0.1, 0.15) is 25.3 Å². The molecule has 0 bridgehead atoms. The molecule has 3 rings (SSSR count). The average molecular weight is 415 g/mol. The first-order valence-corrected chi connectivity index (χ1v) is 9.04. The van der Waals surface area contributed by atoms with Gasteiger partial charge in [0.15, 0.2) is 11.2 Å². The molecule has 0 amide bonds. The van der Waals surface area contributed by atoms with Crippen LogP contribution in [0.15, 0.2) is 11.1 Å². The molecule has 0 aromatic carbocycles. The van der Waals surface area contributed by atoms with Gasteiger partial charge >= 0.3 is 5.97 Å². The van der Waals surface area contributed by atoms with E-state index in [4.69, 9.17) is 10.5 Å². The molecule has 28 heavy (non-hydrogen) atoms. The molecule has 3 atom stereocenters. The van der Waals surface area contributed by atoms with E-state index in [9.17, 15) is 14.7 Å². The van der Waals surface area contributed by atoms with E-state index in [1.807, 2.05) is 19.0 Å². The lowest BCUT2D eigenvalue weighted by Crippen LogP contribution is -2.43. The first kappa shape index (κ1) is 22.1. The van der Waals surface area contributed by atoms with Gasteiger partial charge in [0.25, 0.3) is 5.56 Å². The molecule has 1 aliphatic carbocycles. The number of H-pyrrole nitrogens is 1. The molecule has 0 saturated heterocycles. The van der Waals surface area contributed by atoms with E-state index in [2.05, 4.69) is 15.0 Å². The number of aromatic amines is 1. The zero-order valence-corrected chi connectivity index (χ0v) is 16.8. The highest BCUT2D eigenvalue weighted by Crippen LogP contribution is 2.44. The fraction of sp³-hybridized carbons (Fsp3) is 0.647. The molecular formula is C17H27ClN6O4. The van der Waals surface area contributed by atoms with Crippen LogP contribution in [0.25, 0.3) is 11.2 Å². The number of nitrogens with one attached hydrogen (secondary N) is 1. The van der Waals surface area contributed by atoms with Crippen molar-refractivity contribution in [3.63, 3.8) is 0 Å². The highest BCUT2D eigenvalue weighted by molar-refractivity contribution is 5.85. The maximum absolute atomic E-state index is 11.9. The van der Waals surface area contributed by atoms with Crippen molar-refractivity contribution in [1.82, 2.24) is 24.4 Å². The van der Waals surface area contributed by atoms with Crippen LogP contribution in [0, 0.1) is 11.8 Å². The molecule has 4 N–H and O–H groups in total. The number of ether oxygens (including phenoxy) is 1. The second-order valence-corrected chi connectivity index (χ2v) is 7.27. The molecule has 11 heteroatoms. The predicted molar refractivity (Wildman–Crippen MR) is 106 cm³/mol. The third-order valence-electron chi connectivity index (χ3n) is 5.11. The Morgan fingerprint density at radius 3 is 2.93 bits per heavy atom. The first-order chi connectivity index (χ1) is 12.9. The number of hydrogen-bond donors (Lipinski definition) is 3. The number of carbonyl (C=O) groups is 1. The number of esters is 1. The van der Waals surface area contributed by atoms with E-state index in [0.29, 0.717) is 18.5 Å². The van der Waals surface area contributed by atoms with Crippen LogP contribution in [0.5, 0.6) is 0 Å². The molecule has 0 aliphatic heterocycles. The minimum Gasteiger partial charge on any atom is -0.465 e. The molecule has 2 aromatic rings. The number of nitrogen functional groups attached to an aromatic ring is 1. The lowest BCUT2D eigenvalue weighted by atomic mass is 9.70. The molecule has 0 spiro atoms. The maximum Gasteiger partial charge on any atom is 0.305 e. The molecule has 0 unspecified atom stereocenters. The van der Waals surface area contributed by atoms with Crippen LogP contribution in [0.2, 0.25) is 0 Å². The summed E-state index contributed by atoms with van der Waals surface area (Å²) in [7, 11) is 3.92. The van der Waals surface area contributed by atoms with E-state index in [1.54, 1.807) is 10.9 Å². The van der Waals surface area contributed by atoms with Gasteiger partial charge in [0.1, 0.15) is 0 Å². The van der Waals surface area contributed by atoms with Gasteiger partial charge in [0.05, 0.1) is 12.9 Å². The Kier molecular flexibility index (Phi) is 7.39. The first-order valence-electron chi connectivity index (χ1n) is 9.04. The van der Waals surface area contributed by atoms with E-state index in [1.165, 1.54) is 0 Å². The van der Waals surface area contributed by atoms with Crippen molar-refractivity contribution in [3.05, 3.63) is 16.7 Å². The summed E-state index contributed by atoms with van der Waals surface area (Å²) >= 11 is 0. The summed E-state index contributed by atoms with van der Waals surface area (Å²) < 4.78 is 7.14. The number of hydrogen-bond acceptors (Lipinski definition) is 8. The standard InChI is InChI=1S/C17H26N6O4.ClH/c1-22(2)5-3-4-13(25)27-8-10-6-12(11(10)7-24)23-9-19-14-15(23)20-17(18)21-16(14)26;/h9-12,24H,3-8H2,1-2H3,(H3,18,20,21,26);1H/t10-,11-,12-;/m1./s1. The Bertz CT molecular complexity index is 867. The van der Waals surface area contributed by atoms with E-state index in [-0.39, 0.29) is 66.5 Å². The Hall–Kier alpha value is -2.17. The Balaban J connectivity index is 0.00000280. The summed E-state index contributed by atoms with van der Waals surface area (Å²) in [5, 5.41) is 9.78. The second-order valence-electron chi connectivity index (χ2n) is 7.27. The van der Waals surface area contributed by atoms with Crippen molar-refractivity contribution in [2.45, 2.75) is 25.3 Å². The number of aromatic nitrogens is 4. The van der Waals surface area contributed by atoms with Gasteiger partial charge in [-0.05, 0) is 33.5 Å². The third kappa shape index (κ3) is 4.62. The van der Waals surface area contributed by atoms with Crippen LogP contribution in [0.3, 0.4) is 0 Å². The van der Waals surface area contributed by atoms with Crippen LogP contribution in [-0.4, -0.2) is 69.3 Å². The maximum atomic E-state index is 11.9. The number of aliphatic hydroxyl groups excluding tert-OH is 1. The largest absolute Gasteiger partial charge is 0.465 e. The molecule has 2 aromatic heterocycles. The van der Waals surface area contributed by atoms with Crippen molar-refractivity contribution in [1.29, 1.82) is 0 Å². The minimum absolute atomic E-state index is 0. The summed E-state index contributed by atoms with van der Waals surface area (Å²) in [5.74, 6) is -0.225. The number of aliphatic hydroxyl groups is 1. The van der Waals surface area contributed by atoms with Gasteiger partial charge in [-0.2, -0.15) is 4.98 Å². The van der Waals surface area contributed by atoms with Crippen molar-refractivity contribution >= 4 is 35.5 Å². The number of anilines is 1. The van der Waals surface area contributed by atoms with Gasteiger partial charge in [0.2, 0.25) is 5.95 Å². The third-order valence-corrected chi connectivity index (χ3v) is 5.11. The Morgan fingerprint density at radius 1 is 1.50 bits per heavy atom. The molecular weight excluding hydrogens is 388 g/mol. The highest BCUT2D eigenvalue weighted by Gasteiger charge is 2.43. The smallest absolute Gasteiger partial charge is 0.305 e. The Labute approximate surface area is 168 Å². The highest BCUT2D eigenvalue weighted by atomic mass is 35.5. The number of nitrogens with two attached hydrogens (primary N) is 1. The fourth-order valence-corrected chi connectivity index (χ4v) is 3.56. The van der Waals surface area contributed by atoms with Crippen LogP contribution in [-0.2, 0) is 9.53 Å². The van der Waals surface area contributed by atoms with Crippen molar-refractivity contribution in [2.24, 2.45) is 11.8 Å². The second kappa shape index (κ2) is 9.35. The van der Waals surface area contributed by atoms with E-state index >= 15 is 0 Å². The van der Waals surface area contributed by atoms with Crippen LogP contribution < -0.4 is 11.3 Å². The van der Waals surface area contributed by atoms with Crippen LogP contribution in [0.4, 0.5) is 5.95 Å². The molecule has 0 radical (unpaired) electrons. The molecule has 156 valence electrons. The molecule has 1 saturated carbocycles. The summed E-state index contributed by atoms with van der Waals surface area (Å²) in [6.45, 7) is 1.07. The number of imidazole rings is 1. The summed E-state index contributed by atoms with van der Waals surface area (Å²) in [6.07, 6.45) is 3.39. The fourth-order valence-electron chi connectivity index (χ4n) is 3.56. The lowest BCUT2D eigenvalue weighted by molar-refractivity contribution is -0.148. The normalized spacial score (nSPS) is 21.4. The van der Waals surface area contributed by atoms with Crippen LogP contribution >= 0.6 is 12.4 Å². The lowest BCUT2D eigenvalue weighted by Gasteiger charge is -2.44. The van der Waals surface area contributed by atoms with E-state index in [0.717, 1.165) is 13.0 Å². The quantitative estimate of drug-likeness (QED) is 0.519. The van der Waals surface area contributed by atoms with Gasteiger partial charge < -0.3 is 25.0 Å². The molecule has 1 fully saturated rings. The van der Waals surface area contributed by atoms with Gasteiger partial charge in [-0.1, -0.05) is 0 Å². The van der Waals surface area contributed by atoms with Gasteiger partial charge in [-0.3, -0.25) is 14.6 Å². The molecule has 10 nitrogen and oxygen atoms in total. The van der Waals surface area contributed by atoms with Crippen molar-refractivity contribution in [2.75, 3.05) is 39.6 Å². The minimum atomic E-state index is -0.390. The van der Waals surface area contributed by atoms with Gasteiger partial charge in [-0.15, -0.1) is 12.4 Å². The number of fused-ring (bicyclic) bond motifs is 1. The zero-order valence-electron chi connectivity index (χ0n) is 16.0. The van der Waals surface area contributed by atoms with Crippen molar-refractivity contribution in [3.8, 4) is 0 Å². The monoisotopic (exact) mass is 414 g/mol. The molecule has 1 aliphatic rings. The zero-order chi connectivity index (χ0) is 19.6. The number of nitrogens with zero attached hydrogens (tertiary/aromatic N) is 4.